The van der Waals surface area contributed by atoms with Crippen molar-refractivity contribution in [2.75, 3.05) is 26.7 Å². The smallest absolute Gasteiger partial charge is 0.354 e. The highest BCUT2D eigenvalue weighted by Gasteiger charge is 2.18. The first-order valence-electron chi connectivity index (χ1n) is 5.29. The molecule has 17 heavy (non-hydrogen) atoms. The normalized spacial score (nSPS) is 10.5. The molecule has 0 unspecified atom stereocenters. The molecule has 1 amide bonds. The monoisotopic (exact) mass is 240 g/mol. The predicted molar refractivity (Wildman–Crippen MR) is 61.1 cm³/mol. The summed E-state index contributed by atoms with van der Waals surface area (Å²) < 4.78 is 0. The lowest BCUT2D eigenvalue weighted by Crippen LogP contribution is -2.33. The molecule has 1 aromatic heterocycles. The fourth-order valence-electron chi connectivity index (χ4n) is 1.23. The Bertz CT molecular complexity index is 402. The molecule has 0 bridgehead atoms. The molecule has 0 fully saturated rings. The second-order valence-corrected chi connectivity index (χ2v) is 3.58. The minimum absolute atomic E-state index is 0.0864. The average molecular weight is 240 g/mol. The zero-order valence-electron chi connectivity index (χ0n) is 9.86. The number of carboxylic acids is 1. The van der Waals surface area contributed by atoms with Gasteiger partial charge in [-0.1, -0.05) is 6.92 Å². The highest BCUT2D eigenvalue weighted by molar-refractivity contribution is 6.02. The van der Waals surface area contributed by atoms with Crippen LogP contribution in [0.5, 0.6) is 0 Å². The average Bonchev–Trinajstić information content (AvgIpc) is 2.77. The Hall–Kier alpha value is -1.89. The van der Waals surface area contributed by atoms with Crippen molar-refractivity contribution in [1.29, 1.82) is 0 Å². The maximum absolute atomic E-state index is 11.6. The SMILES string of the molecule is CCN(C)CCNC(=O)c1nc[nH]c1C(=O)O. The lowest BCUT2D eigenvalue weighted by molar-refractivity contribution is 0.0685. The lowest BCUT2D eigenvalue weighted by atomic mass is 10.3. The van der Waals surface area contributed by atoms with E-state index < -0.39 is 11.9 Å². The maximum Gasteiger partial charge on any atom is 0.354 e. The first kappa shape index (κ1) is 13.2. The number of nitrogens with zero attached hydrogens (tertiary/aromatic N) is 2. The van der Waals surface area contributed by atoms with Crippen LogP contribution < -0.4 is 5.32 Å². The number of carbonyl (C=O) groups is 2. The van der Waals surface area contributed by atoms with Gasteiger partial charge in [-0.25, -0.2) is 9.78 Å². The van der Waals surface area contributed by atoms with Gasteiger partial charge in [-0.2, -0.15) is 0 Å². The zero-order chi connectivity index (χ0) is 12.8. The predicted octanol–water partition coefficient (Wildman–Crippen LogP) is -0.211. The Kier molecular flexibility index (Phi) is 4.65. The summed E-state index contributed by atoms with van der Waals surface area (Å²) in [6.45, 7) is 4.06. The Morgan fingerprint density at radius 1 is 1.59 bits per heavy atom. The van der Waals surface area contributed by atoms with Gasteiger partial charge in [-0.3, -0.25) is 4.79 Å². The molecule has 0 atom stereocenters. The van der Waals surface area contributed by atoms with Crippen molar-refractivity contribution in [3.05, 3.63) is 17.7 Å². The van der Waals surface area contributed by atoms with Crippen molar-refractivity contribution in [2.45, 2.75) is 6.92 Å². The number of amides is 1. The number of likely N-dealkylation sites (N-methyl/N-ethyl adjacent to an activating group) is 1. The standard InChI is InChI=1S/C10H16N4O3/c1-3-14(2)5-4-11-9(15)7-8(10(16)17)13-6-12-7/h6H,3-5H2,1-2H3,(H,11,15)(H,12,13)(H,16,17). The van der Waals surface area contributed by atoms with E-state index in [-0.39, 0.29) is 11.4 Å². The van der Waals surface area contributed by atoms with Crippen LogP contribution in [0.15, 0.2) is 6.33 Å². The zero-order valence-corrected chi connectivity index (χ0v) is 9.86. The van der Waals surface area contributed by atoms with Gasteiger partial charge in [0.25, 0.3) is 5.91 Å². The van der Waals surface area contributed by atoms with E-state index in [9.17, 15) is 9.59 Å². The number of nitrogens with one attached hydrogen (secondary N) is 2. The van der Waals surface area contributed by atoms with Gasteiger partial charge in [0, 0.05) is 13.1 Å². The van der Waals surface area contributed by atoms with Crippen LogP contribution in [0.4, 0.5) is 0 Å². The van der Waals surface area contributed by atoms with Crippen LogP contribution in [0.3, 0.4) is 0 Å². The molecule has 3 N–H and O–H groups in total. The summed E-state index contributed by atoms with van der Waals surface area (Å²) in [4.78, 5) is 30.5. The maximum atomic E-state index is 11.6. The van der Waals surface area contributed by atoms with Crippen molar-refractivity contribution < 1.29 is 14.7 Å². The second-order valence-electron chi connectivity index (χ2n) is 3.58. The number of hydrogen-bond acceptors (Lipinski definition) is 4. The highest BCUT2D eigenvalue weighted by atomic mass is 16.4. The van der Waals surface area contributed by atoms with Crippen molar-refractivity contribution in [3.63, 3.8) is 0 Å². The van der Waals surface area contributed by atoms with E-state index >= 15 is 0 Å². The van der Waals surface area contributed by atoms with Crippen molar-refractivity contribution in [1.82, 2.24) is 20.2 Å². The summed E-state index contributed by atoms with van der Waals surface area (Å²) in [6, 6.07) is 0. The highest BCUT2D eigenvalue weighted by Crippen LogP contribution is 2.01. The molecule has 7 heteroatoms. The van der Waals surface area contributed by atoms with E-state index in [4.69, 9.17) is 5.11 Å². The largest absolute Gasteiger partial charge is 0.477 e. The minimum atomic E-state index is -1.20. The molecule has 1 rings (SSSR count). The molecular weight excluding hydrogens is 224 g/mol. The minimum Gasteiger partial charge on any atom is -0.477 e. The third kappa shape index (κ3) is 3.56. The molecule has 0 aliphatic heterocycles. The van der Waals surface area contributed by atoms with E-state index in [1.807, 2.05) is 18.9 Å². The van der Waals surface area contributed by atoms with E-state index in [2.05, 4.69) is 15.3 Å². The van der Waals surface area contributed by atoms with Gasteiger partial charge in [0.15, 0.2) is 11.4 Å². The van der Waals surface area contributed by atoms with Crippen LogP contribution in [-0.2, 0) is 0 Å². The first-order chi connectivity index (χ1) is 8.06. The molecule has 94 valence electrons. The first-order valence-corrected chi connectivity index (χ1v) is 5.29. The number of aromatic carboxylic acids is 1. The van der Waals surface area contributed by atoms with E-state index in [1.165, 1.54) is 6.33 Å². The summed E-state index contributed by atoms with van der Waals surface area (Å²) in [5.41, 5.74) is -0.275. The fraction of sp³-hybridized carbons (Fsp3) is 0.500. The van der Waals surface area contributed by atoms with E-state index in [1.54, 1.807) is 0 Å². The van der Waals surface area contributed by atoms with Crippen molar-refractivity contribution in [2.24, 2.45) is 0 Å². The van der Waals surface area contributed by atoms with Crippen LogP contribution in [-0.4, -0.2) is 58.5 Å². The van der Waals surface area contributed by atoms with Crippen molar-refractivity contribution >= 4 is 11.9 Å². The number of carboxylic acid groups (broad SMARTS) is 1. The van der Waals surface area contributed by atoms with Crippen LogP contribution in [0, 0.1) is 0 Å². The third-order valence-electron chi connectivity index (χ3n) is 2.39. The van der Waals surface area contributed by atoms with Gasteiger partial charge in [-0.15, -0.1) is 0 Å². The molecule has 0 spiro atoms. The number of hydrogen-bond donors (Lipinski definition) is 3. The fourth-order valence-corrected chi connectivity index (χ4v) is 1.23. The van der Waals surface area contributed by atoms with Gasteiger partial charge < -0.3 is 20.3 Å². The van der Waals surface area contributed by atoms with Crippen molar-refractivity contribution in [3.8, 4) is 0 Å². The van der Waals surface area contributed by atoms with Crippen LogP contribution in [0.2, 0.25) is 0 Å². The molecule has 0 saturated heterocycles. The second kappa shape index (κ2) is 6.00. The van der Waals surface area contributed by atoms with Gasteiger partial charge in [0.05, 0.1) is 6.33 Å². The number of aromatic nitrogens is 2. The quantitative estimate of drug-likeness (QED) is 0.639. The molecule has 0 aromatic carbocycles. The molecule has 0 saturated carbocycles. The molecule has 0 radical (unpaired) electrons. The summed E-state index contributed by atoms with van der Waals surface area (Å²) >= 11 is 0. The molecule has 7 nitrogen and oxygen atoms in total. The lowest BCUT2D eigenvalue weighted by Gasteiger charge is -2.13. The number of aromatic amines is 1. The molecule has 0 aliphatic carbocycles. The van der Waals surface area contributed by atoms with Crippen LogP contribution in [0.25, 0.3) is 0 Å². The number of imidazole rings is 1. The molecule has 1 aromatic rings. The number of rotatable bonds is 6. The van der Waals surface area contributed by atoms with Crippen LogP contribution in [0.1, 0.15) is 27.9 Å². The number of carbonyl (C=O) groups excluding carboxylic acids is 1. The third-order valence-corrected chi connectivity index (χ3v) is 2.39. The van der Waals surface area contributed by atoms with Gasteiger partial charge in [0.2, 0.25) is 0 Å². The molecule has 0 aliphatic rings. The summed E-state index contributed by atoms with van der Waals surface area (Å²) in [7, 11) is 1.93. The summed E-state index contributed by atoms with van der Waals surface area (Å²) in [6.07, 6.45) is 1.19. The van der Waals surface area contributed by atoms with Gasteiger partial charge in [-0.05, 0) is 13.6 Å². The Morgan fingerprint density at radius 2 is 2.29 bits per heavy atom. The number of H-pyrrole nitrogens is 1. The van der Waals surface area contributed by atoms with Crippen LogP contribution >= 0.6 is 0 Å². The Morgan fingerprint density at radius 3 is 2.88 bits per heavy atom. The Balaban J connectivity index is 2.53. The van der Waals surface area contributed by atoms with Gasteiger partial charge in [0.1, 0.15) is 0 Å². The van der Waals surface area contributed by atoms with E-state index in [0.717, 1.165) is 6.54 Å². The summed E-state index contributed by atoms with van der Waals surface area (Å²) in [5, 5.41) is 11.4. The van der Waals surface area contributed by atoms with E-state index in [0.29, 0.717) is 13.1 Å². The summed E-state index contributed by atoms with van der Waals surface area (Å²) in [5.74, 6) is -1.67. The molecular formula is C10H16N4O3. The molecule has 1 heterocycles. The Labute approximate surface area is 98.8 Å². The topological polar surface area (TPSA) is 98.3 Å². The van der Waals surface area contributed by atoms with Gasteiger partial charge >= 0.3 is 5.97 Å².